The number of imide groups is 1. The van der Waals surface area contributed by atoms with Crippen LogP contribution in [0.2, 0.25) is 5.02 Å². The summed E-state index contributed by atoms with van der Waals surface area (Å²) in [4.78, 5) is 53.0. The van der Waals surface area contributed by atoms with Crippen molar-refractivity contribution in [3.8, 4) is 0 Å². The Kier molecular flexibility index (Phi) is 6.15. The van der Waals surface area contributed by atoms with Crippen LogP contribution in [0.15, 0.2) is 36.4 Å². The lowest BCUT2D eigenvalue weighted by Gasteiger charge is -2.13. The number of thiazole rings is 1. The normalized spacial score (nSPS) is 13.0. The lowest BCUT2D eigenvalue weighted by atomic mass is 10.1. The Hall–Kier alpha value is -3.37. The van der Waals surface area contributed by atoms with E-state index in [-0.39, 0.29) is 35.7 Å². The van der Waals surface area contributed by atoms with Crippen molar-refractivity contribution in [1.29, 1.82) is 0 Å². The van der Waals surface area contributed by atoms with Gasteiger partial charge < -0.3 is 5.32 Å². The molecule has 164 valence electrons. The van der Waals surface area contributed by atoms with Gasteiger partial charge in [0.25, 0.3) is 17.5 Å². The van der Waals surface area contributed by atoms with Gasteiger partial charge in [-0.25, -0.2) is 4.98 Å². The zero-order valence-corrected chi connectivity index (χ0v) is 18.2. The number of halogens is 1. The van der Waals surface area contributed by atoms with Crippen molar-refractivity contribution in [2.75, 3.05) is 11.9 Å². The lowest BCUT2D eigenvalue weighted by Crippen LogP contribution is -2.30. The molecule has 1 aliphatic rings. The molecule has 11 heteroatoms. The third kappa shape index (κ3) is 4.32. The predicted molar refractivity (Wildman–Crippen MR) is 120 cm³/mol. The molecule has 0 aliphatic carbocycles. The minimum atomic E-state index is -0.661. The lowest BCUT2D eigenvalue weighted by molar-refractivity contribution is -0.385. The second-order valence-corrected chi connectivity index (χ2v) is 8.68. The topological polar surface area (TPSA) is 123 Å². The van der Waals surface area contributed by atoms with E-state index in [1.165, 1.54) is 29.5 Å². The first kappa shape index (κ1) is 21.8. The second kappa shape index (κ2) is 9.01. The highest BCUT2D eigenvalue weighted by atomic mass is 35.5. The summed E-state index contributed by atoms with van der Waals surface area (Å²) in [6, 6.07) is 9.34. The fraction of sp³-hybridized carbons (Fsp3) is 0.238. The molecule has 1 aliphatic heterocycles. The number of unbranched alkanes of at least 4 members (excludes halogenated alkanes) is 2. The predicted octanol–water partition coefficient (Wildman–Crippen LogP) is 4.65. The molecule has 1 aromatic heterocycles. The number of hydrogen-bond donors (Lipinski definition) is 1. The van der Waals surface area contributed by atoms with Gasteiger partial charge in [0.1, 0.15) is 5.56 Å². The molecule has 0 saturated carbocycles. The molecular weight excluding hydrogens is 456 g/mol. The fourth-order valence-electron chi connectivity index (χ4n) is 3.54. The van der Waals surface area contributed by atoms with Crippen LogP contribution in [0, 0.1) is 10.1 Å². The smallest absolute Gasteiger partial charge is 0.282 e. The van der Waals surface area contributed by atoms with Gasteiger partial charge in [-0.15, -0.1) is 0 Å². The van der Waals surface area contributed by atoms with E-state index < -0.39 is 16.7 Å². The Labute approximate surface area is 191 Å². The van der Waals surface area contributed by atoms with Crippen molar-refractivity contribution in [3.63, 3.8) is 0 Å². The number of benzene rings is 2. The van der Waals surface area contributed by atoms with Gasteiger partial charge >= 0.3 is 0 Å². The van der Waals surface area contributed by atoms with Crippen LogP contribution in [0.25, 0.3) is 10.2 Å². The molecule has 1 N–H and O–H groups in total. The number of aromatic nitrogens is 1. The number of rotatable bonds is 8. The zero-order chi connectivity index (χ0) is 22.8. The molecule has 0 radical (unpaired) electrons. The number of fused-ring (bicyclic) bond motifs is 2. The minimum Gasteiger partial charge on any atom is -0.302 e. The minimum absolute atomic E-state index is 0.0562. The van der Waals surface area contributed by atoms with Crippen LogP contribution in [0.4, 0.5) is 10.8 Å². The van der Waals surface area contributed by atoms with E-state index in [0.717, 1.165) is 15.1 Å². The standard InChI is InChI=1S/C21H17ClN4O5S/c22-12-8-9-14-16(11-12)32-21(23-14)24-17(27)7-2-1-3-10-25-19(28)13-5-4-6-15(26(30)31)18(13)20(25)29/h4-6,8-9,11H,1-3,7,10H2,(H,23,24,27). The van der Waals surface area contributed by atoms with Crippen molar-refractivity contribution < 1.29 is 19.3 Å². The van der Waals surface area contributed by atoms with Crippen molar-refractivity contribution >= 4 is 61.7 Å². The molecule has 0 unspecified atom stereocenters. The maximum Gasteiger partial charge on any atom is 0.282 e. The number of carbonyl (C=O) groups excluding carboxylic acids is 3. The van der Waals surface area contributed by atoms with E-state index in [1.54, 1.807) is 18.2 Å². The van der Waals surface area contributed by atoms with Crippen LogP contribution >= 0.6 is 22.9 Å². The van der Waals surface area contributed by atoms with Crippen molar-refractivity contribution in [2.45, 2.75) is 25.7 Å². The molecule has 9 nitrogen and oxygen atoms in total. The number of anilines is 1. The van der Waals surface area contributed by atoms with E-state index in [0.29, 0.717) is 29.4 Å². The van der Waals surface area contributed by atoms with Crippen molar-refractivity contribution in [1.82, 2.24) is 9.88 Å². The summed E-state index contributed by atoms with van der Waals surface area (Å²) in [5.74, 6) is -1.35. The average molecular weight is 473 g/mol. The molecule has 2 aromatic carbocycles. The van der Waals surface area contributed by atoms with E-state index in [1.807, 2.05) is 0 Å². The number of nitrogens with one attached hydrogen (secondary N) is 1. The maximum atomic E-state index is 12.5. The molecule has 4 rings (SSSR count). The molecule has 0 saturated heterocycles. The third-order valence-corrected chi connectivity index (χ3v) is 6.22. The Morgan fingerprint density at radius 3 is 2.75 bits per heavy atom. The van der Waals surface area contributed by atoms with Crippen LogP contribution in [0.5, 0.6) is 0 Å². The van der Waals surface area contributed by atoms with Crippen molar-refractivity contribution in [2.24, 2.45) is 0 Å². The molecule has 0 fully saturated rings. The summed E-state index contributed by atoms with van der Waals surface area (Å²) in [7, 11) is 0. The third-order valence-electron chi connectivity index (χ3n) is 5.06. The Morgan fingerprint density at radius 1 is 1.16 bits per heavy atom. The van der Waals surface area contributed by atoms with Gasteiger partial charge in [-0.1, -0.05) is 35.4 Å². The number of carbonyl (C=O) groups is 3. The number of hydrogen-bond acceptors (Lipinski definition) is 7. The van der Waals surface area contributed by atoms with Crippen LogP contribution in [-0.4, -0.2) is 39.1 Å². The van der Waals surface area contributed by atoms with Gasteiger partial charge in [0.2, 0.25) is 5.91 Å². The van der Waals surface area contributed by atoms with E-state index in [4.69, 9.17) is 11.6 Å². The highest BCUT2D eigenvalue weighted by molar-refractivity contribution is 7.22. The summed E-state index contributed by atoms with van der Waals surface area (Å²) in [6.45, 7) is 0.143. The highest BCUT2D eigenvalue weighted by Gasteiger charge is 2.40. The summed E-state index contributed by atoms with van der Waals surface area (Å²) < 4.78 is 0.883. The molecule has 0 bridgehead atoms. The Bertz CT molecular complexity index is 1260. The Balaban J connectivity index is 1.25. The number of nitro benzene ring substituents is 1. The fourth-order valence-corrected chi connectivity index (χ4v) is 4.69. The average Bonchev–Trinajstić information content (AvgIpc) is 3.25. The molecule has 0 atom stereocenters. The SMILES string of the molecule is O=C(CCCCCN1C(=O)c2cccc([N+](=O)[O-])c2C1=O)Nc1nc2ccc(Cl)cc2s1. The Morgan fingerprint density at radius 2 is 1.97 bits per heavy atom. The van der Waals surface area contributed by atoms with Crippen molar-refractivity contribution in [3.05, 3.63) is 62.7 Å². The van der Waals surface area contributed by atoms with Gasteiger partial charge in [-0.05, 0) is 37.1 Å². The molecule has 2 heterocycles. The number of nitrogens with zero attached hydrogens (tertiary/aromatic N) is 3. The quantitative estimate of drug-likeness (QED) is 0.220. The van der Waals surface area contributed by atoms with Crippen LogP contribution < -0.4 is 5.32 Å². The van der Waals surface area contributed by atoms with E-state index >= 15 is 0 Å². The van der Waals surface area contributed by atoms with E-state index in [2.05, 4.69) is 10.3 Å². The summed E-state index contributed by atoms with van der Waals surface area (Å²) in [5.41, 5.74) is 0.299. The number of nitro groups is 1. The summed E-state index contributed by atoms with van der Waals surface area (Å²) >= 11 is 7.30. The first-order chi connectivity index (χ1) is 15.3. The molecule has 3 aromatic rings. The van der Waals surface area contributed by atoms with Gasteiger partial charge in [-0.3, -0.25) is 29.4 Å². The molecule has 32 heavy (non-hydrogen) atoms. The van der Waals surface area contributed by atoms with Crippen LogP contribution in [0.1, 0.15) is 46.4 Å². The summed E-state index contributed by atoms with van der Waals surface area (Å²) in [6.07, 6.45) is 1.93. The van der Waals surface area contributed by atoms with Gasteiger partial charge in [-0.2, -0.15) is 0 Å². The first-order valence-corrected chi connectivity index (χ1v) is 11.0. The zero-order valence-electron chi connectivity index (χ0n) is 16.7. The van der Waals surface area contributed by atoms with Crippen LogP contribution in [0.3, 0.4) is 0 Å². The molecule has 0 spiro atoms. The largest absolute Gasteiger partial charge is 0.302 e. The molecular formula is C21H17ClN4O5S. The van der Waals surface area contributed by atoms with Gasteiger partial charge in [0.15, 0.2) is 5.13 Å². The van der Waals surface area contributed by atoms with E-state index in [9.17, 15) is 24.5 Å². The van der Waals surface area contributed by atoms with Crippen LogP contribution in [-0.2, 0) is 4.79 Å². The summed E-state index contributed by atoms with van der Waals surface area (Å²) in [5, 5.41) is 15.0. The second-order valence-electron chi connectivity index (χ2n) is 7.21. The maximum absolute atomic E-state index is 12.5. The highest BCUT2D eigenvalue weighted by Crippen LogP contribution is 2.31. The van der Waals surface area contributed by atoms with Gasteiger partial charge in [0.05, 0.1) is 20.7 Å². The number of amides is 3. The van der Waals surface area contributed by atoms with Gasteiger partial charge in [0, 0.05) is 24.1 Å². The monoisotopic (exact) mass is 472 g/mol. The molecule has 3 amide bonds. The first-order valence-electron chi connectivity index (χ1n) is 9.84.